The van der Waals surface area contributed by atoms with Crippen LogP contribution in [0.4, 0.5) is 14.9 Å². The van der Waals surface area contributed by atoms with Crippen LogP contribution in [0.1, 0.15) is 23.3 Å². The topological polar surface area (TPSA) is 109 Å². The number of carbonyl (C=O) groups excluding carboxylic acids is 3. The molecule has 2 aromatic rings. The van der Waals surface area contributed by atoms with Crippen LogP contribution >= 0.6 is 0 Å². The fourth-order valence-corrected chi connectivity index (χ4v) is 3.93. The summed E-state index contributed by atoms with van der Waals surface area (Å²) in [5.41, 5.74) is 5.98. The van der Waals surface area contributed by atoms with Crippen molar-refractivity contribution >= 4 is 23.5 Å². The van der Waals surface area contributed by atoms with Gasteiger partial charge in [0, 0.05) is 37.6 Å². The molecule has 0 bridgehead atoms. The Balaban J connectivity index is 1.33. The largest absolute Gasteiger partial charge is 0.488 e. The van der Waals surface area contributed by atoms with Gasteiger partial charge in [-0.2, -0.15) is 0 Å². The highest BCUT2D eigenvalue weighted by molar-refractivity contribution is 5.96. The van der Waals surface area contributed by atoms with Crippen molar-refractivity contribution < 1.29 is 23.5 Å². The molecule has 0 saturated carbocycles. The third-order valence-electron chi connectivity index (χ3n) is 5.58. The molecule has 1 aromatic heterocycles. The number of benzene rings is 1. The number of primary amides is 1. The molecule has 0 radical (unpaired) electrons. The normalized spacial score (nSPS) is 18.7. The summed E-state index contributed by atoms with van der Waals surface area (Å²) in [5.74, 6) is -0.689. The molecule has 3 heterocycles. The maximum Gasteiger partial charge on any atom is 0.325 e. The Morgan fingerprint density at radius 2 is 1.94 bits per heavy atom. The number of nitrogens with zero attached hydrogens (tertiary/aromatic N) is 4. The number of carbonyl (C=O) groups is 3. The number of pyridine rings is 1. The number of hydrogen-bond acceptors (Lipinski definition) is 5. The van der Waals surface area contributed by atoms with E-state index in [1.165, 1.54) is 34.2 Å². The minimum absolute atomic E-state index is 0.0235. The SMILES string of the molecule is NC(=O)c1cc(OC2CCCN(C(=O)CN3CCN(c4ccc(F)cc4)C3=O)C2)ccn1. The monoisotopic (exact) mass is 441 g/mol. The van der Waals surface area contributed by atoms with Gasteiger partial charge in [0.15, 0.2) is 0 Å². The standard InChI is InChI=1S/C22H24FN5O4/c23-15-3-5-16(6-4-15)28-11-10-27(22(28)31)14-20(29)26-9-1-2-18(13-26)32-17-7-8-25-19(12-17)21(24)30/h3-8,12,18H,1-2,9-11,13-14H2,(H2,24,30). The first-order valence-corrected chi connectivity index (χ1v) is 10.4. The number of anilines is 1. The van der Waals surface area contributed by atoms with E-state index < -0.39 is 5.91 Å². The Hall–Kier alpha value is -3.69. The van der Waals surface area contributed by atoms with Crippen LogP contribution in [0.15, 0.2) is 42.6 Å². The number of likely N-dealkylation sites (tertiary alicyclic amines) is 1. The van der Waals surface area contributed by atoms with Crippen molar-refractivity contribution in [2.45, 2.75) is 18.9 Å². The third-order valence-corrected chi connectivity index (χ3v) is 5.58. The summed E-state index contributed by atoms with van der Waals surface area (Å²) in [7, 11) is 0. The number of amides is 4. The minimum atomic E-state index is -0.638. The number of aromatic nitrogens is 1. The highest BCUT2D eigenvalue weighted by Crippen LogP contribution is 2.22. The zero-order valence-electron chi connectivity index (χ0n) is 17.4. The van der Waals surface area contributed by atoms with E-state index in [1.807, 2.05) is 0 Å². The molecule has 1 aromatic carbocycles. The number of halogens is 1. The van der Waals surface area contributed by atoms with Crippen molar-refractivity contribution in [3.05, 3.63) is 54.1 Å². The number of hydrogen-bond donors (Lipinski definition) is 1. The number of urea groups is 1. The van der Waals surface area contributed by atoms with Gasteiger partial charge in [0.2, 0.25) is 5.91 Å². The summed E-state index contributed by atoms with van der Waals surface area (Å²) in [6.45, 7) is 1.81. The lowest BCUT2D eigenvalue weighted by molar-refractivity contribution is -0.134. The Morgan fingerprint density at radius 1 is 1.16 bits per heavy atom. The van der Waals surface area contributed by atoms with Gasteiger partial charge in [0.05, 0.1) is 6.54 Å². The molecule has 2 aliphatic rings. The van der Waals surface area contributed by atoms with Gasteiger partial charge in [-0.05, 0) is 43.2 Å². The molecule has 4 rings (SSSR count). The van der Waals surface area contributed by atoms with Crippen LogP contribution in [0.3, 0.4) is 0 Å². The van der Waals surface area contributed by atoms with Gasteiger partial charge in [-0.3, -0.25) is 19.5 Å². The second-order valence-electron chi connectivity index (χ2n) is 7.80. The molecule has 2 fully saturated rings. The van der Waals surface area contributed by atoms with Gasteiger partial charge in [0.1, 0.15) is 29.9 Å². The molecule has 168 valence electrons. The predicted octanol–water partition coefficient (Wildman–Crippen LogP) is 1.63. The molecule has 4 amide bonds. The summed E-state index contributed by atoms with van der Waals surface area (Å²) in [6.07, 6.45) is 2.74. The van der Waals surface area contributed by atoms with Gasteiger partial charge in [-0.1, -0.05) is 0 Å². The molecule has 32 heavy (non-hydrogen) atoms. The molecule has 10 heteroatoms. The Bertz CT molecular complexity index is 1020. The molecule has 2 saturated heterocycles. The van der Waals surface area contributed by atoms with Gasteiger partial charge < -0.3 is 20.3 Å². The number of piperidine rings is 1. The number of nitrogens with two attached hydrogens (primary N) is 1. The van der Waals surface area contributed by atoms with Crippen LogP contribution in [0.25, 0.3) is 0 Å². The van der Waals surface area contributed by atoms with E-state index in [0.29, 0.717) is 37.6 Å². The second kappa shape index (κ2) is 9.21. The lowest BCUT2D eigenvalue weighted by Crippen LogP contribution is -2.48. The minimum Gasteiger partial charge on any atom is -0.488 e. The van der Waals surface area contributed by atoms with Crippen molar-refractivity contribution in [2.24, 2.45) is 5.73 Å². The zero-order chi connectivity index (χ0) is 22.7. The molecule has 1 atom stereocenters. The second-order valence-corrected chi connectivity index (χ2v) is 7.80. The smallest absolute Gasteiger partial charge is 0.325 e. The summed E-state index contributed by atoms with van der Waals surface area (Å²) in [4.78, 5) is 45.5. The fraction of sp³-hybridized carbons (Fsp3) is 0.364. The van der Waals surface area contributed by atoms with Crippen molar-refractivity contribution in [1.29, 1.82) is 0 Å². The van der Waals surface area contributed by atoms with Crippen molar-refractivity contribution in [1.82, 2.24) is 14.8 Å². The highest BCUT2D eigenvalue weighted by Gasteiger charge is 2.33. The molecular weight excluding hydrogens is 417 g/mol. The van der Waals surface area contributed by atoms with Crippen LogP contribution in [0.2, 0.25) is 0 Å². The molecule has 0 aliphatic carbocycles. The number of ether oxygens (including phenoxy) is 1. The van der Waals surface area contributed by atoms with E-state index in [4.69, 9.17) is 10.5 Å². The maximum atomic E-state index is 13.2. The molecule has 2 N–H and O–H groups in total. The Morgan fingerprint density at radius 3 is 2.69 bits per heavy atom. The van der Waals surface area contributed by atoms with E-state index in [9.17, 15) is 18.8 Å². The lowest BCUT2D eigenvalue weighted by atomic mass is 10.1. The van der Waals surface area contributed by atoms with Gasteiger partial charge in [0.25, 0.3) is 5.91 Å². The molecule has 2 aliphatic heterocycles. The third kappa shape index (κ3) is 4.79. The van der Waals surface area contributed by atoms with Crippen molar-refractivity contribution in [2.75, 3.05) is 37.6 Å². The predicted molar refractivity (Wildman–Crippen MR) is 114 cm³/mol. The van der Waals surface area contributed by atoms with Crippen molar-refractivity contribution in [3.8, 4) is 5.75 Å². The molecule has 0 spiro atoms. The lowest BCUT2D eigenvalue weighted by Gasteiger charge is -2.33. The van der Waals surface area contributed by atoms with E-state index in [2.05, 4.69) is 4.98 Å². The zero-order valence-corrected chi connectivity index (χ0v) is 17.4. The van der Waals surface area contributed by atoms with Crippen LogP contribution in [-0.4, -0.2) is 71.5 Å². The summed E-state index contributed by atoms with van der Waals surface area (Å²) in [5, 5.41) is 0. The van der Waals surface area contributed by atoms with E-state index in [0.717, 1.165) is 12.8 Å². The Labute approximate surface area is 184 Å². The number of rotatable bonds is 6. The van der Waals surface area contributed by atoms with E-state index >= 15 is 0 Å². The average molecular weight is 441 g/mol. The molecule has 1 unspecified atom stereocenters. The molecule has 9 nitrogen and oxygen atoms in total. The quantitative estimate of drug-likeness (QED) is 0.733. The van der Waals surface area contributed by atoms with Crippen LogP contribution in [0.5, 0.6) is 5.75 Å². The first-order chi connectivity index (χ1) is 15.4. The van der Waals surface area contributed by atoms with E-state index in [-0.39, 0.29) is 36.1 Å². The first kappa shape index (κ1) is 21.5. The van der Waals surface area contributed by atoms with Crippen LogP contribution < -0.4 is 15.4 Å². The van der Waals surface area contributed by atoms with Crippen LogP contribution in [0, 0.1) is 5.82 Å². The summed E-state index contributed by atoms with van der Waals surface area (Å²) < 4.78 is 19.1. The maximum absolute atomic E-state index is 13.2. The van der Waals surface area contributed by atoms with Crippen molar-refractivity contribution in [3.63, 3.8) is 0 Å². The highest BCUT2D eigenvalue weighted by atomic mass is 19.1. The average Bonchev–Trinajstić information content (AvgIpc) is 3.14. The van der Waals surface area contributed by atoms with Gasteiger partial charge in [-0.25, -0.2) is 9.18 Å². The Kier molecular flexibility index (Phi) is 6.20. The molecular formula is C22H24FN5O4. The van der Waals surface area contributed by atoms with Gasteiger partial charge >= 0.3 is 6.03 Å². The van der Waals surface area contributed by atoms with E-state index in [1.54, 1.807) is 23.1 Å². The summed E-state index contributed by atoms with van der Waals surface area (Å²) >= 11 is 0. The fourth-order valence-electron chi connectivity index (χ4n) is 3.93. The van der Waals surface area contributed by atoms with Gasteiger partial charge in [-0.15, -0.1) is 0 Å². The van der Waals surface area contributed by atoms with Crippen LogP contribution in [-0.2, 0) is 4.79 Å². The first-order valence-electron chi connectivity index (χ1n) is 10.4. The summed E-state index contributed by atoms with van der Waals surface area (Å²) in [6, 6.07) is 8.56.